The molecule has 2 heterocycles. The highest BCUT2D eigenvalue weighted by molar-refractivity contribution is 7.15. The number of nitrogens with zero attached hydrogens (tertiary/aromatic N) is 3. The summed E-state index contributed by atoms with van der Waals surface area (Å²) in [6, 6.07) is 5.44. The molecule has 9 heteroatoms. The van der Waals surface area contributed by atoms with E-state index in [0.29, 0.717) is 31.3 Å². The van der Waals surface area contributed by atoms with Gasteiger partial charge in [0.1, 0.15) is 11.9 Å². The van der Waals surface area contributed by atoms with Crippen LogP contribution in [0.4, 0.5) is 20.0 Å². The van der Waals surface area contributed by atoms with Crippen LogP contribution in [0.2, 0.25) is 0 Å². The number of hydrogen-bond acceptors (Lipinski definition) is 5. The van der Waals surface area contributed by atoms with Gasteiger partial charge in [-0.05, 0) is 50.5 Å². The van der Waals surface area contributed by atoms with E-state index in [2.05, 4.69) is 20.5 Å². The predicted octanol–water partition coefficient (Wildman–Crippen LogP) is 2.63. The highest BCUT2D eigenvalue weighted by Crippen LogP contribution is 2.30. The van der Waals surface area contributed by atoms with Crippen molar-refractivity contribution in [1.29, 1.82) is 0 Å². The minimum Gasteiger partial charge on any atom is -0.368 e. The van der Waals surface area contributed by atoms with Crippen molar-refractivity contribution in [1.82, 2.24) is 15.2 Å². The maximum absolute atomic E-state index is 13.1. The van der Waals surface area contributed by atoms with Gasteiger partial charge in [0.2, 0.25) is 5.91 Å². The maximum atomic E-state index is 13.1. The number of fused-ring (bicyclic) bond motifs is 1. The Bertz CT molecular complexity index is 871. The van der Waals surface area contributed by atoms with Crippen LogP contribution < -0.4 is 15.5 Å². The summed E-state index contributed by atoms with van der Waals surface area (Å²) in [5.41, 5.74) is 2.02. The molecule has 0 saturated carbocycles. The number of rotatable bonds is 4. The van der Waals surface area contributed by atoms with Crippen LogP contribution in [0.5, 0.6) is 0 Å². The number of benzene rings is 1. The van der Waals surface area contributed by atoms with Gasteiger partial charge in [0.15, 0.2) is 5.13 Å². The van der Waals surface area contributed by atoms with Crippen LogP contribution in [0.25, 0.3) is 0 Å². The Labute approximate surface area is 172 Å². The van der Waals surface area contributed by atoms with Gasteiger partial charge in [-0.15, -0.1) is 11.3 Å². The molecule has 1 aromatic heterocycles. The molecule has 2 aromatic rings. The molecule has 2 aliphatic rings. The van der Waals surface area contributed by atoms with Crippen LogP contribution in [0, 0.1) is 5.82 Å². The van der Waals surface area contributed by atoms with Gasteiger partial charge in [0.05, 0.1) is 5.69 Å². The molecular weight excluding hydrogens is 393 g/mol. The van der Waals surface area contributed by atoms with Crippen LogP contribution >= 0.6 is 11.3 Å². The van der Waals surface area contributed by atoms with E-state index in [1.54, 1.807) is 24.0 Å². The van der Waals surface area contributed by atoms with Crippen LogP contribution in [0.3, 0.4) is 0 Å². The quantitative estimate of drug-likeness (QED) is 0.802. The smallest absolute Gasteiger partial charge is 0.318 e. The number of anilines is 2. The lowest BCUT2D eigenvalue weighted by molar-refractivity contribution is -0.117. The van der Waals surface area contributed by atoms with Crippen molar-refractivity contribution in [3.63, 3.8) is 0 Å². The molecule has 4 rings (SSSR count). The van der Waals surface area contributed by atoms with Crippen molar-refractivity contribution >= 4 is 34.1 Å². The lowest BCUT2D eigenvalue weighted by Gasteiger charge is -2.36. The van der Waals surface area contributed by atoms with Crippen molar-refractivity contribution in [2.45, 2.75) is 32.2 Å². The minimum absolute atomic E-state index is 0.256. The monoisotopic (exact) mass is 417 g/mol. The van der Waals surface area contributed by atoms with E-state index in [-0.39, 0.29) is 17.8 Å². The van der Waals surface area contributed by atoms with Gasteiger partial charge in [-0.25, -0.2) is 14.2 Å². The summed E-state index contributed by atoms with van der Waals surface area (Å²) in [6.07, 6.45) is 3.13. The first-order valence-electron chi connectivity index (χ1n) is 9.85. The summed E-state index contributed by atoms with van der Waals surface area (Å²) < 4.78 is 13.1. The number of nitrogens with one attached hydrogen (secondary N) is 2. The van der Waals surface area contributed by atoms with Crippen LogP contribution in [-0.4, -0.2) is 54.0 Å². The first-order valence-corrected chi connectivity index (χ1v) is 10.7. The second kappa shape index (κ2) is 8.36. The van der Waals surface area contributed by atoms with E-state index in [0.717, 1.165) is 30.6 Å². The Hall–Kier alpha value is -2.68. The molecule has 1 saturated heterocycles. The number of carbonyl (C=O) groups is 2. The van der Waals surface area contributed by atoms with Gasteiger partial charge in [-0.3, -0.25) is 4.79 Å². The third kappa shape index (κ3) is 4.50. The molecule has 154 valence electrons. The molecule has 1 aliphatic heterocycles. The van der Waals surface area contributed by atoms with Crippen molar-refractivity contribution in [2.75, 3.05) is 36.4 Å². The lowest BCUT2D eigenvalue weighted by Crippen LogP contribution is -2.54. The second-order valence-corrected chi connectivity index (χ2v) is 8.44. The van der Waals surface area contributed by atoms with Crippen LogP contribution in [0.1, 0.15) is 23.9 Å². The number of carbonyl (C=O) groups excluding carboxylic acids is 2. The van der Waals surface area contributed by atoms with Crippen molar-refractivity contribution in [2.24, 2.45) is 0 Å². The molecule has 1 atom stereocenters. The Morgan fingerprint density at radius 2 is 1.86 bits per heavy atom. The van der Waals surface area contributed by atoms with Gasteiger partial charge < -0.3 is 20.4 Å². The fourth-order valence-electron chi connectivity index (χ4n) is 3.62. The molecule has 0 unspecified atom stereocenters. The summed E-state index contributed by atoms with van der Waals surface area (Å²) in [6.45, 7) is 4.06. The molecule has 0 bridgehead atoms. The zero-order valence-corrected chi connectivity index (χ0v) is 17.1. The Balaban J connectivity index is 1.25. The third-order valence-electron chi connectivity index (χ3n) is 5.32. The highest BCUT2D eigenvalue weighted by Gasteiger charge is 2.25. The Kier molecular flexibility index (Phi) is 5.66. The molecule has 3 amide bonds. The summed E-state index contributed by atoms with van der Waals surface area (Å²) in [5, 5.41) is 6.18. The highest BCUT2D eigenvalue weighted by atomic mass is 32.1. The first-order chi connectivity index (χ1) is 14.0. The fraction of sp³-hybridized carbons (Fsp3) is 0.450. The number of thiazole rings is 1. The molecule has 0 radical (unpaired) electrons. The van der Waals surface area contributed by atoms with Gasteiger partial charge in [-0.2, -0.15) is 0 Å². The number of halogens is 1. The van der Waals surface area contributed by atoms with E-state index in [4.69, 9.17) is 0 Å². The Morgan fingerprint density at radius 3 is 2.55 bits per heavy atom. The van der Waals surface area contributed by atoms with Crippen molar-refractivity contribution in [3.05, 3.63) is 40.7 Å². The predicted molar refractivity (Wildman–Crippen MR) is 111 cm³/mol. The zero-order chi connectivity index (χ0) is 20.4. The summed E-state index contributed by atoms with van der Waals surface area (Å²) in [4.78, 5) is 34.4. The molecule has 1 aromatic carbocycles. The molecular formula is C20H24FN5O2S. The largest absolute Gasteiger partial charge is 0.368 e. The summed E-state index contributed by atoms with van der Waals surface area (Å²) >= 11 is 1.52. The van der Waals surface area contributed by atoms with Crippen LogP contribution in [0.15, 0.2) is 24.3 Å². The topological polar surface area (TPSA) is 77.6 Å². The Morgan fingerprint density at radius 1 is 1.14 bits per heavy atom. The SMILES string of the molecule is C[C@H](NC(=O)N1CCN(c2ccc(F)cc2)CC1)C(=O)Nc1nc2c(s1)CCC2. The van der Waals surface area contributed by atoms with E-state index < -0.39 is 6.04 Å². The number of aromatic nitrogens is 1. The van der Waals surface area contributed by atoms with Crippen molar-refractivity contribution in [3.8, 4) is 0 Å². The molecule has 7 nitrogen and oxygen atoms in total. The van der Waals surface area contributed by atoms with Gasteiger partial charge in [0, 0.05) is 36.7 Å². The van der Waals surface area contributed by atoms with E-state index >= 15 is 0 Å². The second-order valence-electron chi connectivity index (χ2n) is 7.35. The number of aryl methyl sites for hydroxylation is 2. The fourth-order valence-corrected chi connectivity index (χ4v) is 4.67. The normalized spacial score (nSPS) is 17.0. The number of piperazine rings is 1. The minimum atomic E-state index is -0.656. The average Bonchev–Trinajstić information content (AvgIpc) is 3.30. The molecule has 1 fully saturated rings. The van der Waals surface area contributed by atoms with E-state index in [1.165, 1.54) is 28.3 Å². The zero-order valence-electron chi connectivity index (χ0n) is 16.3. The standard InChI is InChI=1S/C20H24FN5O2S/c1-13(18(27)24-19-23-16-3-2-4-17(16)29-19)22-20(28)26-11-9-25(10-12-26)15-7-5-14(21)6-8-15/h5-8,13H,2-4,9-12H2,1H3,(H,22,28)(H,23,24,27)/t13-/m0/s1. The molecule has 1 aliphatic carbocycles. The molecule has 29 heavy (non-hydrogen) atoms. The van der Waals surface area contributed by atoms with E-state index in [9.17, 15) is 14.0 Å². The first kappa shape index (κ1) is 19.6. The van der Waals surface area contributed by atoms with Gasteiger partial charge >= 0.3 is 6.03 Å². The average molecular weight is 418 g/mol. The van der Waals surface area contributed by atoms with Crippen LogP contribution in [-0.2, 0) is 17.6 Å². The van der Waals surface area contributed by atoms with Gasteiger partial charge in [-0.1, -0.05) is 0 Å². The number of urea groups is 1. The summed E-state index contributed by atoms with van der Waals surface area (Å²) in [7, 11) is 0. The number of amides is 3. The molecule has 0 spiro atoms. The van der Waals surface area contributed by atoms with Crippen molar-refractivity contribution < 1.29 is 14.0 Å². The summed E-state index contributed by atoms with van der Waals surface area (Å²) in [5.74, 6) is -0.530. The lowest BCUT2D eigenvalue weighted by atomic mass is 10.2. The maximum Gasteiger partial charge on any atom is 0.318 e. The third-order valence-corrected chi connectivity index (χ3v) is 6.39. The van der Waals surface area contributed by atoms with Gasteiger partial charge in [0.25, 0.3) is 0 Å². The molecule has 2 N–H and O–H groups in total. The number of hydrogen-bond donors (Lipinski definition) is 2. The van der Waals surface area contributed by atoms with E-state index in [1.807, 2.05) is 0 Å².